The molecule has 188 valence electrons. The van der Waals surface area contributed by atoms with Crippen LogP contribution in [0.3, 0.4) is 0 Å². The number of ether oxygens (including phenoxy) is 1. The molecule has 1 atom stereocenters. The van der Waals surface area contributed by atoms with Crippen molar-refractivity contribution in [2.45, 2.75) is 51.1 Å². The molecular weight excluding hydrogens is 438 g/mol. The van der Waals surface area contributed by atoms with E-state index in [4.69, 9.17) is 9.84 Å². The van der Waals surface area contributed by atoms with Gasteiger partial charge in [0.05, 0.1) is 12.2 Å². The lowest BCUT2D eigenvalue weighted by Gasteiger charge is -2.25. The second-order valence-electron chi connectivity index (χ2n) is 9.71. The molecule has 1 N–H and O–H groups in total. The third kappa shape index (κ3) is 6.83. The van der Waals surface area contributed by atoms with Gasteiger partial charge in [0.1, 0.15) is 12.4 Å². The van der Waals surface area contributed by atoms with Crippen LogP contribution in [-0.2, 0) is 25.8 Å². The van der Waals surface area contributed by atoms with Crippen molar-refractivity contribution in [3.63, 3.8) is 0 Å². The monoisotopic (exact) mass is 477 g/mol. The lowest BCUT2D eigenvalue weighted by atomic mass is 10.1. The molecule has 0 radical (unpaired) electrons. The van der Waals surface area contributed by atoms with Gasteiger partial charge in [0, 0.05) is 38.6 Å². The van der Waals surface area contributed by atoms with Gasteiger partial charge in [0.25, 0.3) is 0 Å². The summed E-state index contributed by atoms with van der Waals surface area (Å²) in [6, 6.07) is 16.0. The first kappa shape index (κ1) is 25.2. The summed E-state index contributed by atoms with van der Waals surface area (Å²) in [6.07, 6.45) is 7.94. The molecule has 3 aromatic rings. The first-order valence-corrected chi connectivity index (χ1v) is 12.8. The van der Waals surface area contributed by atoms with E-state index in [0.717, 1.165) is 43.7 Å². The van der Waals surface area contributed by atoms with Gasteiger partial charge < -0.3 is 14.7 Å². The molecule has 1 unspecified atom stereocenters. The van der Waals surface area contributed by atoms with Crippen LogP contribution in [0.4, 0.5) is 5.69 Å². The van der Waals surface area contributed by atoms with Crippen LogP contribution >= 0.6 is 0 Å². The number of anilines is 1. The van der Waals surface area contributed by atoms with E-state index in [1.54, 1.807) is 0 Å². The zero-order valence-electron chi connectivity index (χ0n) is 21.4. The highest BCUT2D eigenvalue weighted by Crippen LogP contribution is 2.37. The molecule has 0 amide bonds. The highest BCUT2D eigenvalue weighted by Gasteiger charge is 2.26. The van der Waals surface area contributed by atoms with E-state index in [0.29, 0.717) is 25.6 Å². The van der Waals surface area contributed by atoms with Crippen LogP contribution in [0.5, 0.6) is 5.75 Å². The summed E-state index contributed by atoms with van der Waals surface area (Å²) in [5, 5.41) is 17.2. The van der Waals surface area contributed by atoms with E-state index in [9.17, 15) is 0 Å². The lowest BCUT2D eigenvalue weighted by Crippen LogP contribution is -2.24. The average Bonchev–Trinajstić information content (AvgIpc) is 3.49. The Labute approximate surface area is 209 Å². The van der Waals surface area contributed by atoms with Crippen LogP contribution in [-0.4, -0.2) is 65.9 Å². The van der Waals surface area contributed by atoms with Gasteiger partial charge in [-0.3, -0.25) is 4.90 Å². The van der Waals surface area contributed by atoms with Crippen molar-refractivity contribution in [3.8, 4) is 5.75 Å². The number of aliphatic hydroxyl groups is 1. The number of aliphatic hydroxyl groups excluding tert-OH is 1. The Morgan fingerprint density at radius 2 is 1.89 bits per heavy atom. The molecule has 0 bridgehead atoms. The molecule has 0 spiro atoms. The van der Waals surface area contributed by atoms with Crippen molar-refractivity contribution in [1.82, 2.24) is 19.9 Å². The van der Waals surface area contributed by atoms with Crippen LogP contribution in [0.15, 0.2) is 48.7 Å². The third-order valence-electron chi connectivity index (χ3n) is 6.89. The quantitative estimate of drug-likeness (QED) is 0.403. The molecule has 2 aromatic carbocycles. The second kappa shape index (κ2) is 12.2. The number of fused-ring (bicyclic) bond motifs is 1. The van der Waals surface area contributed by atoms with E-state index < -0.39 is 0 Å². The molecular formula is C28H39N5O2. The van der Waals surface area contributed by atoms with Crippen molar-refractivity contribution in [1.29, 1.82) is 0 Å². The van der Waals surface area contributed by atoms with Crippen LogP contribution in [0, 0.1) is 0 Å². The molecule has 1 aromatic heterocycles. The Kier molecular flexibility index (Phi) is 8.77. The van der Waals surface area contributed by atoms with E-state index in [-0.39, 0.29) is 6.61 Å². The maximum Gasteiger partial charge on any atom is 0.119 e. The Morgan fingerprint density at radius 1 is 1.06 bits per heavy atom. The standard InChI is InChI=1S/C28H39N5O2/c1-31(2)25-11-8-22(9-12-25)6-4-16-32(3)28-15-10-23-20-26(13-14-27(23)28)35-19-17-33-21-24(29-30-33)7-5-18-34/h8-9,11-14,20-21,28,34H,4-7,10,15-19H2,1-3H3. The number of hydrogen-bond acceptors (Lipinski definition) is 6. The molecule has 0 saturated carbocycles. The summed E-state index contributed by atoms with van der Waals surface area (Å²) in [7, 11) is 6.41. The first-order valence-electron chi connectivity index (χ1n) is 12.8. The SMILES string of the molecule is CN(C)c1ccc(CCCN(C)C2CCc3cc(OCCn4cc(CCCO)nn4)ccc32)cc1. The molecule has 35 heavy (non-hydrogen) atoms. The number of aromatic nitrogens is 3. The molecule has 1 heterocycles. The first-order chi connectivity index (χ1) is 17.0. The normalized spacial score (nSPS) is 14.9. The summed E-state index contributed by atoms with van der Waals surface area (Å²) in [5.41, 5.74) is 6.42. The topological polar surface area (TPSA) is 66.7 Å². The van der Waals surface area contributed by atoms with Gasteiger partial charge in [0.15, 0.2) is 0 Å². The number of rotatable bonds is 13. The highest BCUT2D eigenvalue weighted by molar-refractivity contribution is 5.46. The van der Waals surface area contributed by atoms with Crippen molar-refractivity contribution in [3.05, 3.63) is 71.0 Å². The molecule has 4 rings (SSSR count). The summed E-state index contributed by atoms with van der Waals surface area (Å²) < 4.78 is 7.82. The zero-order chi connectivity index (χ0) is 24.6. The van der Waals surface area contributed by atoms with Crippen molar-refractivity contribution >= 4 is 5.69 Å². The van der Waals surface area contributed by atoms with Crippen molar-refractivity contribution in [2.24, 2.45) is 0 Å². The van der Waals surface area contributed by atoms with Gasteiger partial charge >= 0.3 is 0 Å². The predicted molar refractivity (Wildman–Crippen MR) is 140 cm³/mol. The molecule has 0 aliphatic heterocycles. The van der Waals surface area contributed by atoms with Gasteiger partial charge in [-0.1, -0.05) is 23.4 Å². The molecule has 0 fully saturated rings. The number of nitrogens with zero attached hydrogens (tertiary/aromatic N) is 5. The summed E-state index contributed by atoms with van der Waals surface area (Å²) >= 11 is 0. The minimum atomic E-state index is 0.177. The maximum atomic E-state index is 8.94. The highest BCUT2D eigenvalue weighted by atomic mass is 16.5. The smallest absolute Gasteiger partial charge is 0.119 e. The predicted octanol–water partition coefficient (Wildman–Crippen LogP) is 3.90. The lowest BCUT2D eigenvalue weighted by molar-refractivity contribution is 0.241. The number of hydrogen-bond donors (Lipinski definition) is 1. The Bertz CT molecular complexity index is 1060. The molecule has 0 saturated heterocycles. The zero-order valence-corrected chi connectivity index (χ0v) is 21.4. The Morgan fingerprint density at radius 3 is 2.66 bits per heavy atom. The van der Waals surface area contributed by atoms with E-state index in [1.165, 1.54) is 28.8 Å². The summed E-state index contributed by atoms with van der Waals surface area (Å²) in [4.78, 5) is 4.65. The van der Waals surface area contributed by atoms with Gasteiger partial charge in [-0.2, -0.15) is 0 Å². The number of aryl methyl sites for hydroxylation is 3. The van der Waals surface area contributed by atoms with Crippen LogP contribution in [0.1, 0.15) is 47.7 Å². The summed E-state index contributed by atoms with van der Waals surface area (Å²) in [6.45, 7) is 2.49. The largest absolute Gasteiger partial charge is 0.492 e. The Balaban J connectivity index is 1.23. The van der Waals surface area contributed by atoms with Crippen LogP contribution in [0.2, 0.25) is 0 Å². The van der Waals surface area contributed by atoms with Crippen molar-refractivity contribution in [2.75, 3.05) is 45.8 Å². The molecule has 1 aliphatic carbocycles. The van der Waals surface area contributed by atoms with Gasteiger partial charge in [0.2, 0.25) is 0 Å². The number of benzene rings is 2. The molecule has 7 heteroatoms. The van der Waals surface area contributed by atoms with E-state index in [2.05, 4.69) is 83.7 Å². The molecule has 7 nitrogen and oxygen atoms in total. The fourth-order valence-corrected chi connectivity index (χ4v) is 4.85. The minimum Gasteiger partial charge on any atom is -0.492 e. The fraction of sp³-hybridized carbons (Fsp3) is 0.500. The Hall–Kier alpha value is -2.90. The van der Waals surface area contributed by atoms with Crippen LogP contribution < -0.4 is 9.64 Å². The fourth-order valence-electron chi connectivity index (χ4n) is 4.85. The third-order valence-corrected chi connectivity index (χ3v) is 6.89. The van der Waals surface area contributed by atoms with Crippen LogP contribution in [0.25, 0.3) is 0 Å². The van der Waals surface area contributed by atoms with Gasteiger partial charge in [-0.05, 0) is 93.1 Å². The molecule has 1 aliphatic rings. The summed E-state index contributed by atoms with van der Waals surface area (Å²) in [5.74, 6) is 0.925. The maximum absolute atomic E-state index is 8.94. The van der Waals surface area contributed by atoms with E-state index >= 15 is 0 Å². The minimum absolute atomic E-state index is 0.177. The van der Waals surface area contributed by atoms with Gasteiger partial charge in [-0.25, -0.2) is 4.68 Å². The van der Waals surface area contributed by atoms with E-state index in [1.807, 2.05) is 10.9 Å². The van der Waals surface area contributed by atoms with Gasteiger partial charge in [-0.15, -0.1) is 5.10 Å². The average molecular weight is 478 g/mol. The second-order valence-corrected chi connectivity index (χ2v) is 9.71. The van der Waals surface area contributed by atoms with Crippen molar-refractivity contribution < 1.29 is 9.84 Å².